The van der Waals surface area contributed by atoms with Crippen molar-refractivity contribution in [3.8, 4) is 17.2 Å². The van der Waals surface area contributed by atoms with E-state index in [2.05, 4.69) is 15.6 Å². The van der Waals surface area contributed by atoms with E-state index in [4.69, 9.17) is 14.2 Å². The minimum Gasteiger partial charge on any atom is -0.493 e. The van der Waals surface area contributed by atoms with Gasteiger partial charge in [0, 0.05) is 13.1 Å². The lowest BCUT2D eigenvalue weighted by Crippen LogP contribution is -2.38. The predicted molar refractivity (Wildman–Crippen MR) is 144 cm³/mol. The molecule has 0 aliphatic carbocycles. The number of aliphatic hydroxyl groups excluding tert-OH is 1. The molecule has 0 aromatic heterocycles. The van der Waals surface area contributed by atoms with Crippen molar-refractivity contribution in [2.45, 2.75) is 45.8 Å². The summed E-state index contributed by atoms with van der Waals surface area (Å²) < 4.78 is 16.4. The van der Waals surface area contributed by atoms with Crippen molar-refractivity contribution in [1.29, 1.82) is 0 Å². The van der Waals surface area contributed by atoms with Gasteiger partial charge >= 0.3 is 0 Å². The Morgan fingerprint density at radius 3 is 2.45 bits per heavy atom. The van der Waals surface area contributed by atoms with E-state index in [0.717, 1.165) is 48.7 Å². The molecule has 184 valence electrons. The number of benzene rings is 2. The Kier molecular flexibility index (Phi) is 13.6. The maximum atomic E-state index is 10.6. The molecule has 0 saturated heterocycles. The largest absolute Gasteiger partial charge is 0.493 e. The standard InChI is InChI=1S/C25H37N3O4.HI/c1-6-26-25(27-14-8-9-19-12-13-23(30-4)24(15-19)31-5)28-17-22(29)20-10-7-11-21(16-20)32-18(2)3;/h7,10-13,15-16,18,22,29H,6,8-9,14,17H2,1-5H3,(H2,26,27,28);1H. The summed E-state index contributed by atoms with van der Waals surface area (Å²) in [6.07, 6.45) is 1.21. The first kappa shape index (κ1) is 28.8. The molecule has 1 atom stereocenters. The zero-order valence-electron chi connectivity index (χ0n) is 20.3. The summed E-state index contributed by atoms with van der Waals surface area (Å²) in [6, 6.07) is 13.5. The predicted octanol–water partition coefficient (Wildman–Crippen LogP) is 4.33. The van der Waals surface area contributed by atoms with Gasteiger partial charge in [-0.05, 0) is 69.0 Å². The van der Waals surface area contributed by atoms with Gasteiger partial charge in [-0.3, -0.25) is 4.99 Å². The number of aliphatic hydroxyl groups is 1. The highest BCUT2D eigenvalue weighted by Crippen LogP contribution is 2.27. The zero-order chi connectivity index (χ0) is 23.3. The highest BCUT2D eigenvalue weighted by atomic mass is 127. The summed E-state index contributed by atoms with van der Waals surface area (Å²) >= 11 is 0. The van der Waals surface area contributed by atoms with Gasteiger partial charge in [0.1, 0.15) is 5.75 Å². The number of ether oxygens (including phenoxy) is 3. The average molecular weight is 572 g/mol. The van der Waals surface area contributed by atoms with Crippen LogP contribution >= 0.6 is 24.0 Å². The molecule has 0 saturated carbocycles. The molecule has 0 heterocycles. The van der Waals surface area contributed by atoms with E-state index in [1.54, 1.807) is 14.2 Å². The Morgan fingerprint density at radius 1 is 1.03 bits per heavy atom. The lowest BCUT2D eigenvalue weighted by Gasteiger charge is -2.15. The zero-order valence-corrected chi connectivity index (χ0v) is 22.6. The molecule has 2 aromatic rings. The van der Waals surface area contributed by atoms with Crippen LogP contribution in [0, 0.1) is 0 Å². The van der Waals surface area contributed by atoms with Gasteiger partial charge < -0.3 is 30.0 Å². The Labute approximate surface area is 215 Å². The molecule has 8 heteroatoms. The Morgan fingerprint density at radius 2 is 1.79 bits per heavy atom. The van der Waals surface area contributed by atoms with Crippen LogP contribution in [0.15, 0.2) is 47.5 Å². The van der Waals surface area contributed by atoms with E-state index < -0.39 is 6.10 Å². The van der Waals surface area contributed by atoms with Crippen LogP contribution in [0.4, 0.5) is 0 Å². The number of methoxy groups -OCH3 is 2. The van der Waals surface area contributed by atoms with Crippen LogP contribution in [0.5, 0.6) is 17.2 Å². The quantitative estimate of drug-likeness (QED) is 0.152. The van der Waals surface area contributed by atoms with Crippen molar-refractivity contribution in [3.05, 3.63) is 53.6 Å². The first-order chi connectivity index (χ1) is 15.5. The van der Waals surface area contributed by atoms with Crippen LogP contribution < -0.4 is 24.8 Å². The van der Waals surface area contributed by atoms with Gasteiger partial charge in [0.05, 0.1) is 33.0 Å². The molecule has 33 heavy (non-hydrogen) atoms. The molecule has 0 aliphatic heterocycles. The molecule has 1 unspecified atom stereocenters. The summed E-state index contributed by atoms with van der Waals surface area (Å²) in [7, 11) is 3.28. The third kappa shape index (κ3) is 10.1. The third-order valence-electron chi connectivity index (χ3n) is 4.76. The maximum Gasteiger partial charge on any atom is 0.191 e. The number of hydrogen-bond donors (Lipinski definition) is 3. The van der Waals surface area contributed by atoms with Gasteiger partial charge in [0.25, 0.3) is 0 Å². The molecule has 0 aliphatic rings. The smallest absolute Gasteiger partial charge is 0.191 e. The summed E-state index contributed by atoms with van der Waals surface area (Å²) in [6.45, 7) is 7.74. The molecular weight excluding hydrogens is 533 g/mol. The van der Waals surface area contributed by atoms with Crippen LogP contribution in [0.1, 0.15) is 44.4 Å². The monoisotopic (exact) mass is 571 g/mol. The number of hydrogen-bond acceptors (Lipinski definition) is 5. The van der Waals surface area contributed by atoms with Gasteiger partial charge in [0.2, 0.25) is 0 Å². The van der Waals surface area contributed by atoms with E-state index in [1.807, 2.05) is 63.2 Å². The second-order valence-corrected chi connectivity index (χ2v) is 7.69. The fourth-order valence-electron chi connectivity index (χ4n) is 3.23. The van der Waals surface area contributed by atoms with E-state index in [9.17, 15) is 5.11 Å². The van der Waals surface area contributed by atoms with E-state index in [0.29, 0.717) is 5.96 Å². The molecular formula is C25H38IN3O4. The Hall–Kier alpha value is -2.20. The van der Waals surface area contributed by atoms with Crippen LogP contribution in [-0.4, -0.2) is 51.0 Å². The van der Waals surface area contributed by atoms with Crippen LogP contribution in [-0.2, 0) is 6.42 Å². The number of aliphatic imine (C=N–C) groups is 1. The Bertz CT molecular complexity index is 861. The van der Waals surface area contributed by atoms with Crippen LogP contribution in [0.2, 0.25) is 0 Å². The molecule has 0 fully saturated rings. The average Bonchev–Trinajstić information content (AvgIpc) is 2.79. The first-order valence-corrected chi connectivity index (χ1v) is 11.1. The van der Waals surface area contributed by atoms with Gasteiger partial charge in [-0.25, -0.2) is 0 Å². The lowest BCUT2D eigenvalue weighted by molar-refractivity contribution is 0.185. The normalized spacial score (nSPS) is 12.0. The second kappa shape index (κ2) is 15.6. The molecule has 2 aromatic carbocycles. The number of nitrogens with one attached hydrogen (secondary N) is 2. The molecule has 2 rings (SSSR count). The number of halogens is 1. The van der Waals surface area contributed by atoms with Gasteiger partial charge in [-0.1, -0.05) is 18.2 Å². The second-order valence-electron chi connectivity index (χ2n) is 7.69. The minimum absolute atomic E-state index is 0. The van der Waals surface area contributed by atoms with Gasteiger partial charge in [0.15, 0.2) is 17.5 Å². The lowest BCUT2D eigenvalue weighted by atomic mass is 10.1. The summed E-state index contributed by atoms with van der Waals surface area (Å²) in [5, 5.41) is 17.1. The summed E-state index contributed by atoms with van der Waals surface area (Å²) in [5.41, 5.74) is 1.97. The van der Waals surface area contributed by atoms with Gasteiger partial charge in [-0.15, -0.1) is 24.0 Å². The fourth-order valence-corrected chi connectivity index (χ4v) is 3.23. The van der Waals surface area contributed by atoms with Crippen molar-refractivity contribution in [1.82, 2.24) is 10.6 Å². The number of nitrogens with zero attached hydrogens (tertiary/aromatic N) is 1. The van der Waals surface area contributed by atoms with Crippen LogP contribution in [0.25, 0.3) is 0 Å². The van der Waals surface area contributed by atoms with Crippen molar-refractivity contribution in [2.24, 2.45) is 4.99 Å². The van der Waals surface area contributed by atoms with E-state index in [1.165, 1.54) is 5.56 Å². The fraction of sp³-hybridized carbons (Fsp3) is 0.480. The minimum atomic E-state index is -0.701. The Balaban J connectivity index is 0.00000544. The third-order valence-corrected chi connectivity index (χ3v) is 4.76. The van der Waals surface area contributed by atoms with Crippen molar-refractivity contribution >= 4 is 29.9 Å². The van der Waals surface area contributed by atoms with E-state index in [-0.39, 0.29) is 36.6 Å². The van der Waals surface area contributed by atoms with Gasteiger partial charge in [-0.2, -0.15) is 0 Å². The first-order valence-electron chi connectivity index (χ1n) is 11.1. The molecule has 7 nitrogen and oxygen atoms in total. The van der Waals surface area contributed by atoms with Crippen molar-refractivity contribution in [2.75, 3.05) is 33.9 Å². The molecule has 0 bridgehead atoms. The highest BCUT2D eigenvalue weighted by molar-refractivity contribution is 14.0. The molecule has 0 spiro atoms. The maximum absolute atomic E-state index is 10.6. The van der Waals surface area contributed by atoms with E-state index >= 15 is 0 Å². The number of guanidine groups is 1. The summed E-state index contributed by atoms with van der Waals surface area (Å²) in [4.78, 5) is 4.54. The van der Waals surface area contributed by atoms with Crippen molar-refractivity contribution in [3.63, 3.8) is 0 Å². The molecule has 0 radical (unpaired) electrons. The summed E-state index contributed by atoms with van der Waals surface area (Å²) in [5.74, 6) is 2.91. The molecule has 0 amide bonds. The van der Waals surface area contributed by atoms with Crippen molar-refractivity contribution < 1.29 is 19.3 Å². The van der Waals surface area contributed by atoms with Crippen LogP contribution in [0.3, 0.4) is 0 Å². The SMILES string of the molecule is CCNC(=NCC(O)c1cccc(OC(C)C)c1)NCCCc1ccc(OC)c(OC)c1.I. The topological polar surface area (TPSA) is 84.3 Å². The number of rotatable bonds is 12. The number of aryl methyl sites for hydroxylation is 1. The molecule has 3 N–H and O–H groups in total. The highest BCUT2D eigenvalue weighted by Gasteiger charge is 2.10.